The first-order chi connectivity index (χ1) is 8.19. The Morgan fingerprint density at radius 2 is 2.35 bits per heavy atom. The molecule has 1 aliphatic rings. The zero-order chi connectivity index (χ0) is 12.3. The largest absolute Gasteiger partial charge is 0.341 e. The molecule has 1 aliphatic heterocycles. The fraction of sp³-hybridized carbons (Fsp3) is 0.500. The van der Waals surface area contributed by atoms with Crippen LogP contribution in [0.3, 0.4) is 0 Å². The van der Waals surface area contributed by atoms with Crippen LogP contribution in [0.5, 0.6) is 0 Å². The summed E-state index contributed by atoms with van der Waals surface area (Å²) in [6.07, 6.45) is 2.16. The number of amides is 1. The Labute approximate surface area is 108 Å². The predicted molar refractivity (Wildman–Crippen MR) is 70.3 cm³/mol. The first-order valence-electron chi connectivity index (χ1n) is 6.08. The van der Waals surface area contributed by atoms with Crippen LogP contribution in [0, 0.1) is 12.8 Å². The quantitative estimate of drug-likeness (QED) is 0.757. The summed E-state index contributed by atoms with van der Waals surface area (Å²) in [7, 11) is 0. The van der Waals surface area contributed by atoms with E-state index in [1.807, 2.05) is 4.90 Å². The van der Waals surface area contributed by atoms with Gasteiger partial charge in [-0.15, -0.1) is 11.6 Å². The van der Waals surface area contributed by atoms with Crippen LogP contribution in [0.25, 0.3) is 0 Å². The molecule has 1 amide bonds. The van der Waals surface area contributed by atoms with Crippen molar-refractivity contribution >= 4 is 17.5 Å². The standard InChI is InChI=1S/C14H18ClNO/c1-11-3-2-4-12(7-11)8-13-5-6-16(10-13)14(17)9-15/h2-4,7,13H,5-6,8-10H2,1H3. The van der Waals surface area contributed by atoms with Crippen LogP contribution in [0.1, 0.15) is 17.5 Å². The number of hydrogen-bond donors (Lipinski definition) is 0. The molecule has 1 aromatic carbocycles. The van der Waals surface area contributed by atoms with E-state index in [1.165, 1.54) is 11.1 Å². The Kier molecular flexibility index (Phi) is 4.06. The van der Waals surface area contributed by atoms with Crippen LogP contribution in [0.15, 0.2) is 24.3 Å². The monoisotopic (exact) mass is 251 g/mol. The number of halogens is 1. The predicted octanol–water partition coefficient (Wildman–Crippen LogP) is 2.62. The van der Waals surface area contributed by atoms with Gasteiger partial charge < -0.3 is 4.90 Å². The lowest BCUT2D eigenvalue weighted by Gasteiger charge is -2.15. The molecule has 1 unspecified atom stereocenters. The van der Waals surface area contributed by atoms with Gasteiger partial charge in [0.2, 0.25) is 5.91 Å². The Hall–Kier alpha value is -1.02. The maximum Gasteiger partial charge on any atom is 0.237 e. The molecule has 17 heavy (non-hydrogen) atoms. The summed E-state index contributed by atoms with van der Waals surface area (Å²) in [4.78, 5) is 13.3. The average Bonchev–Trinajstić information content (AvgIpc) is 2.76. The van der Waals surface area contributed by atoms with E-state index in [0.717, 1.165) is 25.9 Å². The third kappa shape index (κ3) is 3.22. The van der Waals surface area contributed by atoms with Gasteiger partial charge >= 0.3 is 0 Å². The fourth-order valence-corrected chi connectivity index (χ4v) is 2.65. The minimum Gasteiger partial charge on any atom is -0.341 e. The van der Waals surface area contributed by atoms with Crippen molar-refractivity contribution in [3.05, 3.63) is 35.4 Å². The Bertz CT molecular complexity index is 405. The van der Waals surface area contributed by atoms with Gasteiger partial charge in [-0.25, -0.2) is 0 Å². The maximum absolute atomic E-state index is 11.5. The summed E-state index contributed by atoms with van der Waals surface area (Å²) in [6, 6.07) is 8.60. The molecular formula is C14H18ClNO. The van der Waals surface area contributed by atoms with Crippen molar-refractivity contribution in [2.45, 2.75) is 19.8 Å². The number of benzene rings is 1. The van der Waals surface area contributed by atoms with E-state index in [-0.39, 0.29) is 11.8 Å². The van der Waals surface area contributed by atoms with E-state index in [0.29, 0.717) is 5.92 Å². The smallest absolute Gasteiger partial charge is 0.237 e. The highest BCUT2D eigenvalue weighted by Crippen LogP contribution is 2.21. The molecule has 0 N–H and O–H groups in total. The van der Waals surface area contributed by atoms with E-state index >= 15 is 0 Å². The number of rotatable bonds is 3. The van der Waals surface area contributed by atoms with Crippen molar-refractivity contribution < 1.29 is 4.79 Å². The van der Waals surface area contributed by atoms with Gasteiger partial charge in [0.15, 0.2) is 0 Å². The lowest BCUT2D eigenvalue weighted by atomic mass is 9.98. The molecule has 2 rings (SSSR count). The van der Waals surface area contributed by atoms with Gasteiger partial charge in [-0.2, -0.15) is 0 Å². The van der Waals surface area contributed by atoms with Gasteiger partial charge in [0, 0.05) is 13.1 Å². The normalized spacial score (nSPS) is 19.6. The van der Waals surface area contributed by atoms with Gasteiger partial charge in [0.1, 0.15) is 5.88 Å². The Morgan fingerprint density at radius 1 is 1.53 bits per heavy atom. The average molecular weight is 252 g/mol. The minimum atomic E-state index is 0.0680. The van der Waals surface area contributed by atoms with E-state index in [2.05, 4.69) is 31.2 Å². The number of alkyl halides is 1. The van der Waals surface area contributed by atoms with E-state index < -0.39 is 0 Å². The van der Waals surface area contributed by atoms with Crippen molar-refractivity contribution in [2.75, 3.05) is 19.0 Å². The van der Waals surface area contributed by atoms with Gasteiger partial charge in [-0.3, -0.25) is 4.79 Å². The molecule has 1 aromatic rings. The van der Waals surface area contributed by atoms with Crippen LogP contribution in [-0.2, 0) is 11.2 Å². The highest BCUT2D eigenvalue weighted by atomic mass is 35.5. The fourth-order valence-electron chi connectivity index (χ4n) is 2.48. The third-order valence-electron chi connectivity index (χ3n) is 3.36. The minimum absolute atomic E-state index is 0.0680. The van der Waals surface area contributed by atoms with Gasteiger partial charge in [0.25, 0.3) is 0 Å². The molecule has 0 aliphatic carbocycles. The summed E-state index contributed by atoms with van der Waals surface area (Å²) in [6.45, 7) is 3.84. The van der Waals surface area contributed by atoms with Gasteiger partial charge in [-0.05, 0) is 31.2 Å². The summed E-state index contributed by atoms with van der Waals surface area (Å²) in [5.41, 5.74) is 2.67. The molecule has 0 aromatic heterocycles. The molecule has 1 fully saturated rings. The zero-order valence-corrected chi connectivity index (χ0v) is 10.9. The van der Waals surface area contributed by atoms with Crippen LogP contribution in [0.2, 0.25) is 0 Å². The SMILES string of the molecule is Cc1cccc(CC2CCN(C(=O)CCl)C2)c1. The number of nitrogens with zero attached hydrogens (tertiary/aromatic N) is 1. The van der Waals surface area contributed by atoms with Gasteiger partial charge in [-0.1, -0.05) is 29.8 Å². The highest BCUT2D eigenvalue weighted by Gasteiger charge is 2.25. The number of carbonyl (C=O) groups is 1. The van der Waals surface area contributed by atoms with E-state index in [4.69, 9.17) is 11.6 Å². The second kappa shape index (κ2) is 5.54. The van der Waals surface area contributed by atoms with Crippen molar-refractivity contribution in [2.24, 2.45) is 5.92 Å². The maximum atomic E-state index is 11.5. The molecule has 1 saturated heterocycles. The van der Waals surface area contributed by atoms with Crippen LogP contribution >= 0.6 is 11.6 Å². The molecule has 3 heteroatoms. The van der Waals surface area contributed by atoms with Crippen molar-refractivity contribution in [1.29, 1.82) is 0 Å². The molecule has 1 atom stereocenters. The zero-order valence-electron chi connectivity index (χ0n) is 10.2. The molecule has 0 saturated carbocycles. The van der Waals surface area contributed by atoms with Gasteiger partial charge in [0.05, 0.1) is 0 Å². The summed E-state index contributed by atoms with van der Waals surface area (Å²) >= 11 is 5.57. The summed E-state index contributed by atoms with van der Waals surface area (Å²) in [5.74, 6) is 0.763. The number of aryl methyl sites for hydroxylation is 1. The number of carbonyl (C=O) groups excluding carboxylic acids is 1. The van der Waals surface area contributed by atoms with Crippen LogP contribution in [0.4, 0.5) is 0 Å². The molecule has 0 spiro atoms. The van der Waals surface area contributed by atoms with E-state index in [1.54, 1.807) is 0 Å². The van der Waals surface area contributed by atoms with Crippen molar-refractivity contribution in [1.82, 2.24) is 4.90 Å². The third-order valence-corrected chi connectivity index (χ3v) is 3.59. The lowest BCUT2D eigenvalue weighted by Crippen LogP contribution is -2.29. The molecule has 0 bridgehead atoms. The summed E-state index contributed by atoms with van der Waals surface area (Å²) in [5, 5.41) is 0. The lowest BCUT2D eigenvalue weighted by molar-refractivity contribution is -0.127. The van der Waals surface area contributed by atoms with Crippen LogP contribution < -0.4 is 0 Å². The Balaban J connectivity index is 1.92. The summed E-state index contributed by atoms with van der Waals surface area (Å²) < 4.78 is 0. The first-order valence-corrected chi connectivity index (χ1v) is 6.62. The second-order valence-corrected chi connectivity index (χ2v) is 5.09. The van der Waals surface area contributed by atoms with Crippen molar-refractivity contribution in [3.63, 3.8) is 0 Å². The second-order valence-electron chi connectivity index (χ2n) is 4.82. The molecule has 2 nitrogen and oxygen atoms in total. The molecular weight excluding hydrogens is 234 g/mol. The molecule has 1 heterocycles. The Morgan fingerprint density at radius 3 is 3.06 bits per heavy atom. The first kappa shape index (κ1) is 12.4. The topological polar surface area (TPSA) is 20.3 Å². The van der Waals surface area contributed by atoms with Crippen LogP contribution in [-0.4, -0.2) is 29.8 Å². The van der Waals surface area contributed by atoms with E-state index in [9.17, 15) is 4.79 Å². The van der Waals surface area contributed by atoms with Crippen molar-refractivity contribution in [3.8, 4) is 0 Å². The molecule has 0 radical (unpaired) electrons. The molecule has 92 valence electrons. The number of likely N-dealkylation sites (tertiary alicyclic amines) is 1. The highest BCUT2D eigenvalue weighted by molar-refractivity contribution is 6.27. The number of hydrogen-bond acceptors (Lipinski definition) is 1.